The Labute approximate surface area is 138 Å². The average Bonchev–Trinajstić information content (AvgIpc) is 3.04. The number of benzene rings is 1. The van der Waals surface area contributed by atoms with Crippen LogP contribution in [0.15, 0.2) is 34.9 Å². The number of methoxy groups -OCH3 is 1. The summed E-state index contributed by atoms with van der Waals surface area (Å²) in [6, 6.07) is 7.05. The first-order valence-electron chi connectivity index (χ1n) is 7.54. The molecule has 1 saturated heterocycles. The van der Waals surface area contributed by atoms with Gasteiger partial charge in [0.1, 0.15) is 5.82 Å². The molecular formula is C16H18FN3O4. The minimum absolute atomic E-state index is 0.154. The number of hydrogen-bond donors (Lipinski definition) is 1. The number of nitrogens with zero attached hydrogens (tertiary/aromatic N) is 2. The molecule has 1 aliphatic heterocycles. The van der Waals surface area contributed by atoms with Crippen molar-refractivity contribution in [2.24, 2.45) is 0 Å². The Morgan fingerprint density at radius 2 is 2.38 bits per heavy atom. The third-order valence-corrected chi connectivity index (χ3v) is 3.70. The Hall–Kier alpha value is -2.45. The van der Waals surface area contributed by atoms with Gasteiger partial charge >= 0.3 is 6.03 Å². The molecule has 2 heterocycles. The quantitative estimate of drug-likeness (QED) is 0.928. The smallest absolute Gasteiger partial charge is 0.323 e. The molecule has 1 aromatic heterocycles. The van der Waals surface area contributed by atoms with E-state index >= 15 is 0 Å². The van der Waals surface area contributed by atoms with Crippen molar-refractivity contribution in [2.75, 3.05) is 38.8 Å². The fourth-order valence-electron chi connectivity index (χ4n) is 2.55. The lowest BCUT2D eigenvalue weighted by Crippen LogP contribution is -2.52. The maximum absolute atomic E-state index is 13.3. The first-order valence-corrected chi connectivity index (χ1v) is 7.54. The predicted molar refractivity (Wildman–Crippen MR) is 84.1 cm³/mol. The second-order valence-electron chi connectivity index (χ2n) is 5.39. The number of hydrogen-bond acceptors (Lipinski definition) is 5. The molecule has 0 aliphatic carbocycles. The van der Waals surface area contributed by atoms with E-state index < -0.39 is 0 Å². The van der Waals surface area contributed by atoms with Gasteiger partial charge in [-0.15, -0.1) is 0 Å². The highest BCUT2D eigenvalue weighted by Gasteiger charge is 2.27. The number of morpholine rings is 1. The van der Waals surface area contributed by atoms with Gasteiger partial charge in [0.2, 0.25) is 0 Å². The number of aromatic nitrogens is 1. The minimum Gasteiger partial charge on any atom is -0.382 e. The molecule has 8 heteroatoms. The van der Waals surface area contributed by atoms with Gasteiger partial charge in [-0.25, -0.2) is 9.18 Å². The Morgan fingerprint density at radius 3 is 3.17 bits per heavy atom. The molecule has 2 amide bonds. The molecule has 1 aromatic carbocycles. The molecule has 7 nitrogen and oxygen atoms in total. The molecule has 1 atom stereocenters. The summed E-state index contributed by atoms with van der Waals surface area (Å²) < 4.78 is 28.9. The van der Waals surface area contributed by atoms with Gasteiger partial charge in [-0.2, -0.15) is 0 Å². The van der Waals surface area contributed by atoms with Gasteiger partial charge in [-0.3, -0.25) is 5.32 Å². The lowest BCUT2D eigenvalue weighted by atomic mass is 10.2. The van der Waals surface area contributed by atoms with Crippen LogP contribution in [0.1, 0.15) is 0 Å². The average molecular weight is 335 g/mol. The number of rotatable bonds is 4. The minimum atomic E-state index is -0.370. The number of nitrogens with one attached hydrogen (secondary N) is 1. The van der Waals surface area contributed by atoms with Crippen LogP contribution in [-0.2, 0) is 9.47 Å². The molecule has 1 N–H and O–H groups in total. The van der Waals surface area contributed by atoms with E-state index in [9.17, 15) is 9.18 Å². The molecule has 3 rings (SSSR count). The summed E-state index contributed by atoms with van der Waals surface area (Å²) in [5.74, 6) is 0.271. The summed E-state index contributed by atoms with van der Waals surface area (Å²) >= 11 is 0. The van der Waals surface area contributed by atoms with Crippen molar-refractivity contribution in [3.05, 3.63) is 36.1 Å². The van der Waals surface area contributed by atoms with Crippen LogP contribution in [0.4, 0.5) is 15.0 Å². The molecule has 128 valence electrons. The standard InChI is InChI=1S/C16H18FN3O4/c1-22-9-13-10-23-6-5-20(13)16(21)18-15-8-14(24-19-15)11-3-2-4-12(17)7-11/h2-4,7-8,13H,5-6,9-10H2,1H3,(H,18,19,21). The highest BCUT2D eigenvalue weighted by Crippen LogP contribution is 2.23. The van der Waals surface area contributed by atoms with E-state index in [0.717, 1.165) is 0 Å². The number of anilines is 1. The SMILES string of the molecule is COCC1COCCN1C(=O)Nc1cc(-c2cccc(F)c2)on1. The number of urea groups is 1. The first kappa shape index (κ1) is 16.4. The summed E-state index contributed by atoms with van der Waals surface area (Å²) in [5.41, 5.74) is 0.548. The van der Waals surface area contributed by atoms with Gasteiger partial charge in [-0.05, 0) is 12.1 Å². The van der Waals surface area contributed by atoms with Crippen molar-refractivity contribution in [3.63, 3.8) is 0 Å². The van der Waals surface area contributed by atoms with Crippen LogP contribution in [0.5, 0.6) is 0 Å². The monoisotopic (exact) mass is 335 g/mol. The summed E-state index contributed by atoms with van der Waals surface area (Å²) in [4.78, 5) is 14.1. The molecule has 0 spiro atoms. The Bertz CT molecular complexity index is 704. The molecule has 1 fully saturated rings. The number of carbonyl (C=O) groups excluding carboxylic acids is 1. The van der Waals surface area contributed by atoms with Crippen molar-refractivity contribution in [3.8, 4) is 11.3 Å². The summed E-state index contributed by atoms with van der Waals surface area (Å²) in [6.45, 7) is 1.75. The van der Waals surface area contributed by atoms with Crippen LogP contribution in [-0.4, -0.2) is 55.6 Å². The summed E-state index contributed by atoms with van der Waals surface area (Å²) in [7, 11) is 1.58. The zero-order chi connectivity index (χ0) is 16.9. The molecule has 0 radical (unpaired) electrons. The number of halogens is 1. The van der Waals surface area contributed by atoms with Crippen LogP contribution in [0.3, 0.4) is 0 Å². The predicted octanol–water partition coefficient (Wildman–Crippen LogP) is 2.36. The Kier molecular flexibility index (Phi) is 5.07. The van der Waals surface area contributed by atoms with Crippen LogP contribution in [0, 0.1) is 5.82 Å². The lowest BCUT2D eigenvalue weighted by Gasteiger charge is -2.34. The lowest BCUT2D eigenvalue weighted by molar-refractivity contribution is -0.0133. The van der Waals surface area contributed by atoms with Crippen molar-refractivity contribution in [2.45, 2.75) is 6.04 Å². The van der Waals surface area contributed by atoms with Crippen molar-refractivity contribution >= 4 is 11.8 Å². The van der Waals surface area contributed by atoms with Gasteiger partial charge in [0.15, 0.2) is 11.6 Å². The topological polar surface area (TPSA) is 76.8 Å². The molecule has 0 saturated carbocycles. The van der Waals surface area contributed by atoms with E-state index in [4.69, 9.17) is 14.0 Å². The van der Waals surface area contributed by atoms with Crippen molar-refractivity contribution in [1.82, 2.24) is 10.1 Å². The van der Waals surface area contributed by atoms with E-state index in [1.54, 1.807) is 30.2 Å². The van der Waals surface area contributed by atoms with Crippen LogP contribution in [0.25, 0.3) is 11.3 Å². The van der Waals surface area contributed by atoms with Gasteiger partial charge in [0.05, 0.1) is 25.9 Å². The van der Waals surface area contributed by atoms with Crippen molar-refractivity contribution in [1.29, 1.82) is 0 Å². The fourth-order valence-corrected chi connectivity index (χ4v) is 2.55. The third-order valence-electron chi connectivity index (χ3n) is 3.70. The molecule has 2 aromatic rings. The maximum atomic E-state index is 13.3. The molecular weight excluding hydrogens is 317 g/mol. The van der Waals surface area contributed by atoms with Crippen LogP contribution >= 0.6 is 0 Å². The molecule has 1 aliphatic rings. The van der Waals surface area contributed by atoms with E-state index in [-0.39, 0.29) is 23.7 Å². The maximum Gasteiger partial charge on any atom is 0.323 e. The van der Waals surface area contributed by atoms with E-state index in [0.29, 0.717) is 37.7 Å². The normalized spacial score (nSPS) is 17.8. The van der Waals surface area contributed by atoms with E-state index in [1.807, 2.05) is 0 Å². The van der Waals surface area contributed by atoms with Crippen LogP contribution < -0.4 is 5.32 Å². The first-order chi connectivity index (χ1) is 11.7. The molecule has 24 heavy (non-hydrogen) atoms. The van der Waals surface area contributed by atoms with Gasteiger partial charge in [0, 0.05) is 25.3 Å². The largest absolute Gasteiger partial charge is 0.382 e. The van der Waals surface area contributed by atoms with Gasteiger partial charge in [0.25, 0.3) is 0 Å². The highest BCUT2D eigenvalue weighted by atomic mass is 19.1. The Morgan fingerprint density at radius 1 is 1.50 bits per heavy atom. The second-order valence-corrected chi connectivity index (χ2v) is 5.39. The molecule has 0 bridgehead atoms. The molecule has 1 unspecified atom stereocenters. The van der Waals surface area contributed by atoms with Gasteiger partial charge in [-0.1, -0.05) is 17.3 Å². The third kappa shape index (κ3) is 3.72. The zero-order valence-electron chi connectivity index (χ0n) is 13.2. The van der Waals surface area contributed by atoms with Crippen LogP contribution in [0.2, 0.25) is 0 Å². The number of carbonyl (C=O) groups is 1. The van der Waals surface area contributed by atoms with Gasteiger partial charge < -0.3 is 18.9 Å². The highest BCUT2D eigenvalue weighted by molar-refractivity contribution is 5.89. The Balaban J connectivity index is 1.68. The summed E-state index contributed by atoms with van der Waals surface area (Å²) in [6.07, 6.45) is 0. The fraction of sp³-hybridized carbons (Fsp3) is 0.375. The second kappa shape index (κ2) is 7.41. The van der Waals surface area contributed by atoms with E-state index in [2.05, 4.69) is 10.5 Å². The van der Waals surface area contributed by atoms with Crippen molar-refractivity contribution < 1.29 is 23.2 Å². The van der Waals surface area contributed by atoms with E-state index in [1.165, 1.54) is 12.1 Å². The number of ether oxygens (including phenoxy) is 2. The summed E-state index contributed by atoms with van der Waals surface area (Å²) in [5, 5.41) is 6.49. The number of amides is 2. The zero-order valence-corrected chi connectivity index (χ0v) is 13.2.